The van der Waals surface area contributed by atoms with E-state index in [9.17, 15) is 0 Å². The summed E-state index contributed by atoms with van der Waals surface area (Å²) < 4.78 is 1.95. The van der Waals surface area contributed by atoms with Crippen LogP contribution in [0.5, 0.6) is 0 Å². The second-order valence-corrected chi connectivity index (χ2v) is 3.89. The van der Waals surface area contributed by atoms with Gasteiger partial charge in [0, 0.05) is 19.7 Å². The molecule has 2 rings (SSSR count). The molecule has 2 aromatic rings. The van der Waals surface area contributed by atoms with Crippen LogP contribution < -0.4 is 5.32 Å². The fraction of sp³-hybridized carbons (Fsp3) is 0.500. The standard InChI is InChI=1S/C10H14ClN5O/c1-2-16-6-13-9-7(16)8(12-4-3-5-17)14-10(11)15-9/h6,17H,2-5H2,1H3,(H,12,14,15). The van der Waals surface area contributed by atoms with Gasteiger partial charge in [-0.1, -0.05) is 0 Å². The number of anilines is 1. The molecule has 2 N–H and O–H groups in total. The molecule has 2 aromatic heterocycles. The van der Waals surface area contributed by atoms with Gasteiger partial charge in [-0.25, -0.2) is 4.98 Å². The maximum absolute atomic E-state index is 8.76. The Morgan fingerprint density at radius 3 is 3.00 bits per heavy atom. The molecule has 0 amide bonds. The van der Waals surface area contributed by atoms with Gasteiger partial charge in [0.05, 0.1) is 6.33 Å². The number of hydrogen-bond acceptors (Lipinski definition) is 5. The third kappa shape index (κ3) is 2.48. The molecule has 6 nitrogen and oxygen atoms in total. The fourth-order valence-corrected chi connectivity index (χ4v) is 1.77. The van der Waals surface area contributed by atoms with Gasteiger partial charge in [-0.3, -0.25) is 0 Å². The van der Waals surface area contributed by atoms with E-state index in [0.29, 0.717) is 24.4 Å². The third-order valence-electron chi connectivity index (χ3n) is 2.41. The molecule has 0 unspecified atom stereocenters. The van der Waals surface area contributed by atoms with Crippen molar-refractivity contribution < 1.29 is 5.11 Å². The minimum absolute atomic E-state index is 0.141. The van der Waals surface area contributed by atoms with Gasteiger partial charge < -0.3 is 15.0 Å². The van der Waals surface area contributed by atoms with Crippen LogP contribution in [0.4, 0.5) is 5.82 Å². The van der Waals surface area contributed by atoms with E-state index in [1.807, 2.05) is 11.5 Å². The average Bonchev–Trinajstić information content (AvgIpc) is 2.72. The summed E-state index contributed by atoms with van der Waals surface area (Å²) in [5, 5.41) is 12.1. The molecular formula is C10H14ClN5O. The summed E-state index contributed by atoms with van der Waals surface area (Å²) in [6.07, 6.45) is 2.37. The van der Waals surface area contributed by atoms with Crippen LogP contribution >= 0.6 is 11.6 Å². The Morgan fingerprint density at radius 1 is 1.47 bits per heavy atom. The molecule has 0 aliphatic rings. The highest BCUT2D eigenvalue weighted by molar-refractivity contribution is 6.28. The number of nitrogens with zero attached hydrogens (tertiary/aromatic N) is 4. The Morgan fingerprint density at radius 2 is 2.29 bits per heavy atom. The van der Waals surface area contributed by atoms with E-state index in [4.69, 9.17) is 16.7 Å². The van der Waals surface area contributed by atoms with Crippen LogP contribution in [0.25, 0.3) is 11.2 Å². The zero-order chi connectivity index (χ0) is 12.3. The van der Waals surface area contributed by atoms with Crippen LogP contribution in [0.2, 0.25) is 5.28 Å². The van der Waals surface area contributed by atoms with Crippen molar-refractivity contribution in [2.24, 2.45) is 0 Å². The van der Waals surface area contributed by atoms with Crippen molar-refractivity contribution >= 4 is 28.6 Å². The number of imidazole rings is 1. The second-order valence-electron chi connectivity index (χ2n) is 3.55. The number of hydrogen-bond donors (Lipinski definition) is 2. The minimum atomic E-state index is 0.141. The van der Waals surface area contributed by atoms with E-state index < -0.39 is 0 Å². The highest BCUT2D eigenvalue weighted by atomic mass is 35.5. The van der Waals surface area contributed by atoms with Crippen molar-refractivity contribution in [3.8, 4) is 0 Å². The number of fused-ring (bicyclic) bond motifs is 1. The molecule has 0 bridgehead atoms. The van der Waals surface area contributed by atoms with E-state index in [0.717, 1.165) is 12.1 Å². The normalized spacial score (nSPS) is 11.0. The predicted octanol–water partition coefficient (Wildman–Crippen LogP) is 1.29. The Labute approximate surface area is 104 Å². The van der Waals surface area contributed by atoms with Gasteiger partial charge in [0.15, 0.2) is 11.5 Å². The van der Waals surface area contributed by atoms with Crippen molar-refractivity contribution in [2.45, 2.75) is 19.9 Å². The number of nitrogens with one attached hydrogen (secondary N) is 1. The van der Waals surface area contributed by atoms with Crippen molar-refractivity contribution in [3.63, 3.8) is 0 Å². The first-order chi connectivity index (χ1) is 8.26. The van der Waals surface area contributed by atoms with Crippen molar-refractivity contribution in [3.05, 3.63) is 11.6 Å². The third-order valence-corrected chi connectivity index (χ3v) is 2.58. The Hall–Kier alpha value is -1.40. The zero-order valence-electron chi connectivity index (χ0n) is 9.52. The molecule has 0 fully saturated rings. The molecule has 7 heteroatoms. The van der Waals surface area contributed by atoms with Gasteiger partial charge in [-0.15, -0.1) is 0 Å². The summed E-state index contributed by atoms with van der Waals surface area (Å²) >= 11 is 5.83. The molecular weight excluding hydrogens is 242 g/mol. The van der Waals surface area contributed by atoms with Crippen LogP contribution in [-0.4, -0.2) is 37.8 Å². The molecule has 0 saturated carbocycles. The lowest BCUT2D eigenvalue weighted by Gasteiger charge is -2.08. The monoisotopic (exact) mass is 255 g/mol. The lowest BCUT2D eigenvalue weighted by atomic mass is 10.4. The van der Waals surface area contributed by atoms with E-state index in [1.54, 1.807) is 6.33 Å². The Bertz CT molecular complexity index is 513. The van der Waals surface area contributed by atoms with E-state index in [2.05, 4.69) is 20.3 Å². The molecule has 17 heavy (non-hydrogen) atoms. The van der Waals surface area contributed by atoms with Gasteiger partial charge in [0.2, 0.25) is 5.28 Å². The predicted molar refractivity (Wildman–Crippen MR) is 66.2 cm³/mol. The van der Waals surface area contributed by atoms with Gasteiger partial charge in [-0.2, -0.15) is 9.97 Å². The molecule has 0 aliphatic carbocycles. The molecule has 0 atom stereocenters. The smallest absolute Gasteiger partial charge is 0.226 e. The summed E-state index contributed by atoms with van der Waals surface area (Å²) in [6.45, 7) is 3.58. The first-order valence-electron chi connectivity index (χ1n) is 5.49. The number of rotatable bonds is 5. The van der Waals surface area contributed by atoms with Crippen LogP contribution in [0, 0.1) is 0 Å². The molecule has 0 saturated heterocycles. The van der Waals surface area contributed by atoms with Crippen LogP contribution in [0.1, 0.15) is 13.3 Å². The number of aliphatic hydroxyl groups excluding tert-OH is 1. The van der Waals surface area contributed by atoms with E-state index >= 15 is 0 Å². The number of aliphatic hydroxyl groups is 1. The van der Waals surface area contributed by atoms with Gasteiger partial charge in [0.25, 0.3) is 0 Å². The quantitative estimate of drug-likeness (QED) is 0.622. The Balaban J connectivity index is 2.39. The van der Waals surface area contributed by atoms with Crippen LogP contribution in [-0.2, 0) is 6.54 Å². The Kier molecular flexibility index (Phi) is 3.75. The van der Waals surface area contributed by atoms with Gasteiger partial charge in [-0.05, 0) is 24.9 Å². The van der Waals surface area contributed by atoms with E-state index in [-0.39, 0.29) is 11.9 Å². The zero-order valence-corrected chi connectivity index (χ0v) is 10.3. The summed E-state index contributed by atoms with van der Waals surface area (Å²) in [5.41, 5.74) is 1.42. The molecule has 2 heterocycles. The first kappa shape index (κ1) is 12.1. The summed E-state index contributed by atoms with van der Waals surface area (Å²) in [4.78, 5) is 12.4. The van der Waals surface area contributed by atoms with E-state index in [1.165, 1.54) is 0 Å². The van der Waals surface area contributed by atoms with Crippen molar-refractivity contribution in [1.82, 2.24) is 19.5 Å². The van der Waals surface area contributed by atoms with Gasteiger partial charge >= 0.3 is 0 Å². The van der Waals surface area contributed by atoms with Crippen molar-refractivity contribution in [1.29, 1.82) is 0 Å². The largest absolute Gasteiger partial charge is 0.396 e. The van der Waals surface area contributed by atoms with Gasteiger partial charge in [0.1, 0.15) is 5.52 Å². The lowest BCUT2D eigenvalue weighted by molar-refractivity contribution is 0.292. The van der Waals surface area contributed by atoms with Crippen LogP contribution in [0.15, 0.2) is 6.33 Å². The van der Waals surface area contributed by atoms with Crippen molar-refractivity contribution in [2.75, 3.05) is 18.5 Å². The molecule has 0 radical (unpaired) electrons. The summed E-state index contributed by atoms with van der Waals surface area (Å²) in [7, 11) is 0. The maximum atomic E-state index is 8.76. The minimum Gasteiger partial charge on any atom is -0.396 e. The average molecular weight is 256 g/mol. The number of halogens is 1. The molecule has 0 aromatic carbocycles. The molecule has 0 spiro atoms. The number of aromatic nitrogens is 4. The highest BCUT2D eigenvalue weighted by Gasteiger charge is 2.11. The molecule has 0 aliphatic heterocycles. The summed E-state index contributed by atoms with van der Waals surface area (Å²) in [6, 6.07) is 0. The molecule has 92 valence electrons. The fourth-order valence-electron chi connectivity index (χ4n) is 1.60. The summed E-state index contributed by atoms with van der Waals surface area (Å²) in [5.74, 6) is 0.660. The first-order valence-corrected chi connectivity index (χ1v) is 5.87. The lowest BCUT2D eigenvalue weighted by Crippen LogP contribution is -2.08. The SMILES string of the molecule is CCn1cnc2nc(Cl)nc(NCCCO)c21. The second kappa shape index (κ2) is 5.29. The maximum Gasteiger partial charge on any atom is 0.226 e. The van der Waals surface area contributed by atoms with Crippen LogP contribution in [0.3, 0.4) is 0 Å². The topological polar surface area (TPSA) is 75.9 Å². The number of aryl methyl sites for hydroxylation is 1. The highest BCUT2D eigenvalue weighted by Crippen LogP contribution is 2.21.